The van der Waals surface area contributed by atoms with Gasteiger partial charge in [-0.25, -0.2) is 4.57 Å². The molecule has 219 valence electrons. The lowest BCUT2D eigenvalue weighted by Crippen LogP contribution is -2.29. The van der Waals surface area contributed by atoms with Crippen LogP contribution in [-0.4, -0.2) is 26.2 Å². The molecule has 40 heavy (non-hydrogen) atoms. The molecule has 1 atom stereocenters. The molecule has 0 saturated carbocycles. The molecule has 2 aromatic carbocycles. The third-order valence-electron chi connectivity index (χ3n) is 7.09. The van der Waals surface area contributed by atoms with Gasteiger partial charge in [-0.05, 0) is 50.8 Å². The number of terminal acetylenes is 1. The second-order valence-electron chi connectivity index (χ2n) is 15.3. The smallest absolute Gasteiger partial charge is 0.412 e. The third-order valence-corrected chi connectivity index (χ3v) is 9.12. The Morgan fingerprint density at radius 2 is 1.07 bits per heavy atom. The molecule has 0 bridgehead atoms. The zero-order chi connectivity index (χ0) is 30.0. The van der Waals surface area contributed by atoms with Crippen LogP contribution in [0, 0.1) is 12.3 Å². The summed E-state index contributed by atoms with van der Waals surface area (Å²) in [5, 5.41) is 0. The summed E-state index contributed by atoms with van der Waals surface area (Å²) in [5.41, 5.74) is 5.50. The summed E-state index contributed by atoms with van der Waals surface area (Å²) in [6.07, 6.45) is 6.35. The number of phosphoric ester groups is 1. The zero-order valence-electron chi connectivity index (χ0n) is 26.9. The number of hydrogen-bond acceptors (Lipinski definition) is 4. The average Bonchev–Trinajstić information content (AvgIpc) is 2.71. The number of fused-ring (bicyclic) bond motifs is 2. The van der Waals surface area contributed by atoms with Crippen LogP contribution in [0.1, 0.15) is 123 Å². The fraction of sp³-hybridized carbons (Fsp3) is 0.576. The summed E-state index contributed by atoms with van der Waals surface area (Å²) in [5.74, 6) is 3.71. The summed E-state index contributed by atoms with van der Waals surface area (Å²) in [6, 6.07) is 8.73. The summed E-state index contributed by atoms with van der Waals surface area (Å²) >= 11 is 1.45. The van der Waals surface area contributed by atoms with E-state index < -0.39 is 12.3 Å². The fourth-order valence-electron chi connectivity index (χ4n) is 4.59. The topological polar surface area (TPSA) is 76.3 Å². The minimum Gasteiger partial charge on any atom is -0.412 e. The summed E-state index contributed by atoms with van der Waals surface area (Å²) < 4.78 is 32.5. The van der Waals surface area contributed by atoms with Gasteiger partial charge in [-0.15, -0.1) is 6.42 Å². The Labute approximate surface area is 251 Å². The SMILES string of the molecule is C#C[C](C)([AlH])OP1(=O)Oc2c(cc(C(C)(C)C)cc2C(C)(C)C)Cc2cc(C(C)(C)C)cc(C(C)(C)C)c2O1.O. The van der Waals surface area contributed by atoms with Gasteiger partial charge in [0.15, 0.2) is 0 Å². The van der Waals surface area contributed by atoms with Gasteiger partial charge in [0.25, 0.3) is 0 Å². The van der Waals surface area contributed by atoms with E-state index in [1.165, 1.54) is 27.4 Å². The highest BCUT2D eigenvalue weighted by molar-refractivity contribution is 7.49. The first-order chi connectivity index (χ1) is 17.4. The lowest BCUT2D eigenvalue weighted by Gasteiger charge is -2.36. The lowest BCUT2D eigenvalue weighted by molar-refractivity contribution is 0.160. The minimum atomic E-state index is -4.23. The Kier molecular flexibility index (Phi) is 9.35. The number of phosphoric acid groups is 1. The quantitative estimate of drug-likeness (QED) is 0.205. The maximum atomic E-state index is 14.7. The van der Waals surface area contributed by atoms with E-state index in [9.17, 15) is 4.57 Å². The van der Waals surface area contributed by atoms with Gasteiger partial charge in [0.1, 0.15) is 11.5 Å². The number of rotatable bonds is 2. The Morgan fingerprint density at radius 1 is 0.725 bits per heavy atom. The van der Waals surface area contributed by atoms with Crippen molar-refractivity contribution in [2.75, 3.05) is 0 Å². The van der Waals surface area contributed by atoms with Crippen LogP contribution in [0.5, 0.6) is 11.5 Å². The Morgan fingerprint density at radius 3 is 1.35 bits per heavy atom. The monoisotopic (exact) mass is 583 g/mol. The molecule has 0 aliphatic carbocycles. The molecule has 0 saturated heterocycles. The summed E-state index contributed by atoms with van der Waals surface area (Å²) in [7, 11) is -4.23. The number of hydrogen-bond donors (Lipinski definition) is 0. The molecule has 2 N–H and O–H groups in total. The first-order valence-electron chi connectivity index (χ1n) is 13.8. The highest BCUT2D eigenvalue weighted by Crippen LogP contribution is 2.58. The van der Waals surface area contributed by atoms with Crippen LogP contribution in [0.3, 0.4) is 0 Å². The van der Waals surface area contributed by atoms with Crippen molar-refractivity contribution < 1.29 is 23.6 Å². The van der Waals surface area contributed by atoms with Crippen molar-refractivity contribution in [1.29, 1.82) is 0 Å². The Balaban J connectivity index is 0.00000560. The first-order valence-corrected chi connectivity index (χ1v) is 15.9. The molecule has 1 aliphatic heterocycles. The average molecular weight is 584 g/mol. The van der Waals surface area contributed by atoms with Crippen LogP contribution in [-0.2, 0) is 37.2 Å². The highest BCUT2D eigenvalue weighted by Gasteiger charge is 2.43. The van der Waals surface area contributed by atoms with E-state index in [4.69, 9.17) is 20.0 Å². The van der Waals surface area contributed by atoms with Gasteiger partial charge in [0.2, 0.25) is 16.3 Å². The van der Waals surface area contributed by atoms with Gasteiger partial charge in [-0.1, -0.05) is 113 Å². The highest BCUT2D eigenvalue weighted by atomic mass is 31.2. The first kappa shape index (κ1) is 34.5. The van der Waals surface area contributed by atoms with Crippen LogP contribution in [0.4, 0.5) is 0 Å². The molecule has 0 amide bonds. The molecule has 0 spiro atoms. The molecule has 5 nitrogen and oxygen atoms in total. The van der Waals surface area contributed by atoms with Crippen LogP contribution in [0.15, 0.2) is 24.3 Å². The standard InChI is InChI=1S/C33H46O4P.Al.H2O.H/c1-15-21(2)35-38(34)36-28-22(17-24(30(3,4)5)19-26(28)32(9,10)11)16-23-18-25(31(6,7)8)20-27(29(23)37-38)33(12,13)14;;;/h1,17-20H,16H2,2-14H3;;1H2;. The van der Waals surface area contributed by atoms with Crippen molar-refractivity contribution in [2.45, 2.75) is 123 Å². The van der Waals surface area contributed by atoms with E-state index >= 15 is 0 Å². The number of benzene rings is 2. The van der Waals surface area contributed by atoms with E-state index in [0.29, 0.717) is 17.9 Å². The molecule has 1 unspecified atom stereocenters. The van der Waals surface area contributed by atoms with Crippen LogP contribution < -0.4 is 9.05 Å². The molecule has 7 heteroatoms. The van der Waals surface area contributed by atoms with Crippen molar-refractivity contribution in [2.24, 2.45) is 0 Å². The van der Waals surface area contributed by atoms with E-state index in [2.05, 4.69) is 113 Å². The lowest BCUT2D eigenvalue weighted by atomic mass is 9.76. The molecule has 2 aromatic rings. The predicted octanol–water partition coefficient (Wildman–Crippen LogP) is 7.79. The van der Waals surface area contributed by atoms with Crippen molar-refractivity contribution in [3.8, 4) is 23.8 Å². The van der Waals surface area contributed by atoms with Gasteiger partial charge in [-0.3, -0.25) is 4.52 Å². The predicted molar refractivity (Wildman–Crippen MR) is 168 cm³/mol. The molecule has 1 heterocycles. The summed E-state index contributed by atoms with van der Waals surface area (Å²) in [6.45, 7) is 27.8. The second kappa shape index (κ2) is 10.8. The molecular weight excluding hydrogens is 534 g/mol. The second-order valence-corrected chi connectivity index (χ2v) is 18.1. The van der Waals surface area contributed by atoms with Crippen LogP contribution in [0.2, 0.25) is 0 Å². The van der Waals surface area contributed by atoms with Crippen molar-refractivity contribution in [1.82, 2.24) is 0 Å². The van der Waals surface area contributed by atoms with Gasteiger partial charge in [-0.2, -0.15) is 0 Å². The Bertz CT molecular complexity index is 1270. The molecular formula is C33H49AlO5P. The maximum absolute atomic E-state index is 14.7. The molecule has 1 radical (unpaired) electrons. The minimum absolute atomic E-state index is 0. The van der Waals surface area contributed by atoms with Crippen molar-refractivity contribution in [3.05, 3.63) is 57.6 Å². The fourth-order valence-corrected chi connectivity index (χ4v) is 6.60. The normalized spacial score (nSPS) is 16.9. The van der Waals surface area contributed by atoms with Gasteiger partial charge in [0.05, 0.1) is 4.46 Å². The third kappa shape index (κ3) is 7.56. The maximum Gasteiger partial charge on any atom is 0.587 e. The van der Waals surface area contributed by atoms with Crippen LogP contribution >= 0.6 is 7.82 Å². The van der Waals surface area contributed by atoms with E-state index in [1.54, 1.807) is 6.92 Å². The van der Waals surface area contributed by atoms with Crippen molar-refractivity contribution in [3.63, 3.8) is 0 Å². The zero-order valence-corrected chi connectivity index (χ0v) is 29.2. The molecule has 0 aromatic heterocycles. The largest absolute Gasteiger partial charge is 0.587 e. The van der Waals surface area contributed by atoms with Gasteiger partial charge < -0.3 is 14.5 Å². The van der Waals surface area contributed by atoms with Crippen LogP contribution in [0.25, 0.3) is 0 Å². The molecule has 0 fully saturated rings. The van der Waals surface area contributed by atoms with E-state index in [1.807, 2.05) is 0 Å². The molecule has 1 aliphatic rings. The van der Waals surface area contributed by atoms with E-state index in [0.717, 1.165) is 22.3 Å². The van der Waals surface area contributed by atoms with Gasteiger partial charge >= 0.3 is 7.82 Å². The Hall–Kier alpha value is -1.72. The van der Waals surface area contributed by atoms with Crippen molar-refractivity contribution >= 4 is 24.1 Å². The van der Waals surface area contributed by atoms with E-state index in [-0.39, 0.29) is 27.1 Å². The molecule has 3 rings (SSSR count). The van der Waals surface area contributed by atoms with Gasteiger partial charge in [0, 0.05) is 17.5 Å². The summed E-state index contributed by atoms with van der Waals surface area (Å²) in [4.78, 5) is 0.